The van der Waals surface area contributed by atoms with Gasteiger partial charge in [0.25, 0.3) is 5.78 Å². The third-order valence-electron chi connectivity index (χ3n) is 5.45. The number of benzene rings is 1. The molecule has 27 heavy (non-hydrogen) atoms. The molecule has 140 valence electrons. The summed E-state index contributed by atoms with van der Waals surface area (Å²) in [6.07, 6.45) is 4.40. The summed E-state index contributed by atoms with van der Waals surface area (Å²) in [5.41, 5.74) is 3.24. The van der Waals surface area contributed by atoms with Crippen molar-refractivity contribution >= 4 is 23.0 Å². The van der Waals surface area contributed by atoms with E-state index in [-0.39, 0.29) is 0 Å². The molecule has 1 aromatic carbocycles. The van der Waals surface area contributed by atoms with Crippen LogP contribution in [0.5, 0.6) is 0 Å². The average molecular weight is 363 g/mol. The van der Waals surface area contributed by atoms with Crippen LogP contribution in [0.2, 0.25) is 0 Å². The van der Waals surface area contributed by atoms with E-state index in [1.807, 2.05) is 13.0 Å². The maximum atomic E-state index is 4.40. The van der Waals surface area contributed by atoms with Crippen molar-refractivity contribution in [2.24, 2.45) is 5.92 Å². The minimum absolute atomic E-state index is 0.612. The van der Waals surface area contributed by atoms with Gasteiger partial charge in [-0.05, 0) is 43.9 Å². The summed E-state index contributed by atoms with van der Waals surface area (Å²) >= 11 is 0. The monoisotopic (exact) mass is 363 g/mol. The fourth-order valence-electron chi connectivity index (χ4n) is 3.80. The van der Waals surface area contributed by atoms with E-state index in [4.69, 9.17) is 0 Å². The molecule has 2 aliphatic rings. The number of nitrogens with one attached hydrogen (secondary N) is 1. The van der Waals surface area contributed by atoms with Gasteiger partial charge < -0.3 is 10.2 Å². The van der Waals surface area contributed by atoms with Gasteiger partial charge >= 0.3 is 0 Å². The van der Waals surface area contributed by atoms with Crippen LogP contribution in [0, 0.1) is 12.8 Å². The van der Waals surface area contributed by atoms with Crippen molar-refractivity contribution in [2.75, 3.05) is 42.9 Å². The minimum atomic E-state index is 0.612. The molecular weight excluding hydrogens is 338 g/mol. The van der Waals surface area contributed by atoms with E-state index >= 15 is 0 Å². The number of aryl methyl sites for hydroxylation is 1. The highest BCUT2D eigenvalue weighted by molar-refractivity contribution is 5.64. The van der Waals surface area contributed by atoms with Gasteiger partial charge in [0.2, 0.25) is 0 Å². The molecule has 0 amide bonds. The van der Waals surface area contributed by atoms with Crippen LogP contribution in [0.25, 0.3) is 5.78 Å². The maximum Gasteiger partial charge on any atom is 0.254 e. The van der Waals surface area contributed by atoms with E-state index < -0.39 is 0 Å². The first-order valence-corrected chi connectivity index (χ1v) is 9.76. The van der Waals surface area contributed by atoms with E-state index in [0.717, 1.165) is 49.3 Å². The standard InChI is InChI=1S/C20H25N7/c1-15-11-19(27-20(23-15)21-14-22-27)24-17-3-2-4-18(12-17)26-9-7-25(8-10-26)13-16-5-6-16/h2-4,11-12,14,16,24H,5-10,13H2,1H3. The normalized spacial score (nSPS) is 18.2. The number of anilines is 3. The second kappa shape index (κ2) is 6.81. The van der Waals surface area contributed by atoms with Gasteiger partial charge in [0, 0.05) is 55.9 Å². The number of aromatic nitrogens is 4. The molecule has 1 N–H and O–H groups in total. The summed E-state index contributed by atoms with van der Waals surface area (Å²) in [6.45, 7) is 7.78. The summed E-state index contributed by atoms with van der Waals surface area (Å²) in [7, 11) is 0. The van der Waals surface area contributed by atoms with Crippen LogP contribution in [-0.2, 0) is 0 Å². The van der Waals surface area contributed by atoms with E-state index in [1.165, 1.54) is 31.4 Å². The summed E-state index contributed by atoms with van der Waals surface area (Å²) < 4.78 is 1.73. The molecular formula is C20H25N7. The van der Waals surface area contributed by atoms with Crippen molar-refractivity contribution in [1.29, 1.82) is 0 Å². The van der Waals surface area contributed by atoms with Crippen LogP contribution < -0.4 is 10.2 Å². The highest BCUT2D eigenvalue weighted by Gasteiger charge is 2.26. The lowest BCUT2D eigenvalue weighted by Gasteiger charge is -2.36. The summed E-state index contributed by atoms with van der Waals surface area (Å²) in [5, 5.41) is 7.75. The van der Waals surface area contributed by atoms with Crippen LogP contribution in [0.1, 0.15) is 18.5 Å². The molecule has 0 unspecified atom stereocenters. The number of piperazine rings is 1. The molecule has 7 heteroatoms. The van der Waals surface area contributed by atoms with Gasteiger partial charge in [-0.2, -0.15) is 14.6 Å². The van der Waals surface area contributed by atoms with Gasteiger partial charge in [-0.25, -0.2) is 4.98 Å². The van der Waals surface area contributed by atoms with Gasteiger partial charge in [0.15, 0.2) is 0 Å². The van der Waals surface area contributed by atoms with Crippen LogP contribution in [0.4, 0.5) is 17.2 Å². The van der Waals surface area contributed by atoms with Crippen LogP contribution in [0.3, 0.4) is 0 Å². The molecule has 2 aromatic heterocycles. The number of hydrogen-bond donors (Lipinski definition) is 1. The zero-order chi connectivity index (χ0) is 18.2. The molecule has 0 spiro atoms. The topological polar surface area (TPSA) is 61.6 Å². The molecule has 1 saturated carbocycles. The van der Waals surface area contributed by atoms with E-state index in [0.29, 0.717) is 5.78 Å². The fraction of sp³-hybridized carbons (Fsp3) is 0.450. The largest absolute Gasteiger partial charge is 0.369 e. The Morgan fingerprint density at radius 3 is 2.78 bits per heavy atom. The van der Waals surface area contributed by atoms with Gasteiger partial charge in [-0.3, -0.25) is 4.90 Å². The molecule has 0 bridgehead atoms. The number of fused-ring (bicyclic) bond motifs is 1. The lowest BCUT2D eigenvalue weighted by molar-refractivity contribution is 0.248. The Labute approximate surface area is 159 Å². The quantitative estimate of drug-likeness (QED) is 0.752. The zero-order valence-corrected chi connectivity index (χ0v) is 15.7. The van der Waals surface area contributed by atoms with E-state index in [9.17, 15) is 0 Å². The van der Waals surface area contributed by atoms with Crippen molar-refractivity contribution in [3.63, 3.8) is 0 Å². The smallest absolute Gasteiger partial charge is 0.254 e. The maximum absolute atomic E-state index is 4.40. The van der Waals surface area contributed by atoms with E-state index in [2.05, 4.69) is 54.4 Å². The average Bonchev–Trinajstić information content (AvgIpc) is 3.36. The number of hydrogen-bond acceptors (Lipinski definition) is 6. The summed E-state index contributed by atoms with van der Waals surface area (Å²) in [6, 6.07) is 10.6. The first-order chi connectivity index (χ1) is 13.2. The van der Waals surface area contributed by atoms with Gasteiger partial charge in [-0.15, -0.1) is 0 Å². The molecule has 0 radical (unpaired) electrons. The van der Waals surface area contributed by atoms with Crippen molar-refractivity contribution in [3.05, 3.63) is 42.4 Å². The molecule has 1 saturated heterocycles. The Morgan fingerprint density at radius 2 is 1.96 bits per heavy atom. The van der Waals surface area contributed by atoms with E-state index in [1.54, 1.807) is 4.52 Å². The van der Waals surface area contributed by atoms with Gasteiger partial charge in [0.05, 0.1) is 0 Å². The minimum Gasteiger partial charge on any atom is -0.369 e. The first kappa shape index (κ1) is 16.5. The van der Waals surface area contributed by atoms with Crippen molar-refractivity contribution in [2.45, 2.75) is 19.8 Å². The van der Waals surface area contributed by atoms with Crippen molar-refractivity contribution in [3.8, 4) is 0 Å². The predicted octanol–water partition coefficient (Wildman–Crippen LogP) is 2.71. The third-order valence-corrected chi connectivity index (χ3v) is 5.45. The summed E-state index contributed by atoms with van der Waals surface area (Å²) in [5.74, 6) is 2.46. The highest BCUT2D eigenvalue weighted by Crippen LogP contribution is 2.30. The Balaban J connectivity index is 1.31. The Hall–Kier alpha value is -2.67. The molecule has 5 rings (SSSR count). The zero-order valence-electron chi connectivity index (χ0n) is 15.7. The van der Waals surface area contributed by atoms with Crippen LogP contribution in [-0.4, -0.2) is 57.2 Å². The molecule has 7 nitrogen and oxygen atoms in total. The molecule has 3 aromatic rings. The Morgan fingerprint density at radius 1 is 1.11 bits per heavy atom. The SMILES string of the molecule is Cc1cc(Nc2cccc(N3CCN(CC4CC4)CC3)c2)n2ncnc2n1. The van der Waals surface area contributed by atoms with Crippen molar-refractivity contribution in [1.82, 2.24) is 24.5 Å². The predicted molar refractivity (Wildman–Crippen MR) is 107 cm³/mol. The van der Waals surface area contributed by atoms with Crippen LogP contribution in [0.15, 0.2) is 36.7 Å². The molecule has 1 aliphatic carbocycles. The number of rotatable bonds is 5. The molecule has 0 atom stereocenters. The first-order valence-electron chi connectivity index (χ1n) is 9.76. The third kappa shape index (κ3) is 3.60. The Bertz CT molecular complexity index is 938. The lowest BCUT2D eigenvalue weighted by atomic mass is 10.2. The second-order valence-electron chi connectivity index (χ2n) is 7.66. The Kier molecular flexibility index (Phi) is 4.16. The fourth-order valence-corrected chi connectivity index (χ4v) is 3.80. The van der Waals surface area contributed by atoms with Crippen molar-refractivity contribution < 1.29 is 0 Å². The van der Waals surface area contributed by atoms with Crippen LogP contribution >= 0.6 is 0 Å². The molecule has 2 fully saturated rings. The van der Waals surface area contributed by atoms with Gasteiger partial charge in [-0.1, -0.05) is 6.07 Å². The molecule has 3 heterocycles. The molecule has 1 aliphatic heterocycles. The highest BCUT2D eigenvalue weighted by atomic mass is 15.4. The summed E-state index contributed by atoms with van der Waals surface area (Å²) in [4.78, 5) is 13.7. The number of nitrogens with zero attached hydrogens (tertiary/aromatic N) is 6. The second-order valence-corrected chi connectivity index (χ2v) is 7.66. The lowest BCUT2D eigenvalue weighted by Crippen LogP contribution is -2.47. The van der Waals surface area contributed by atoms with Gasteiger partial charge in [0.1, 0.15) is 12.1 Å².